The maximum absolute atomic E-state index is 12.9. The number of ether oxygens (including phenoxy) is 1. The number of carbonyl (C=O) groups excluding carboxylic acids is 1. The molecule has 2 aromatic rings. The van der Waals surface area contributed by atoms with Gasteiger partial charge in [0.15, 0.2) is 5.78 Å². The maximum Gasteiger partial charge on any atom is 0.243 e. The average Bonchev–Trinajstić information content (AvgIpc) is 3.13. The summed E-state index contributed by atoms with van der Waals surface area (Å²) in [5, 5.41) is 0. The van der Waals surface area contributed by atoms with E-state index in [-0.39, 0.29) is 23.8 Å². The van der Waals surface area contributed by atoms with Gasteiger partial charge in [0, 0.05) is 37.0 Å². The Balaban J connectivity index is 1.55. The Morgan fingerprint density at radius 1 is 1.11 bits per heavy atom. The third-order valence-electron chi connectivity index (χ3n) is 4.81. The van der Waals surface area contributed by atoms with Crippen LogP contribution in [0.25, 0.3) is 0 Å². The summed E-state index contributed by atoms with van der Waals surface area (Å²) in [7, 11) is -3.67. The van der Waals surface area contributed by atoms with Gasteiger partial charge in [-0.3, -0.25) is 4.79 Å². The van der Waals surface area contributed by atoms with Crippen LogP contribution in [-0.2, 0) is 27.8 Å². The van der Waals surface area contributed by atoms with E-state index in [9.17, 15) is 13.2 Å². The highest BCUT2D eigenvalue weighted by molar-refractivity contribution is 7.89. The molecule has 1 aromatic heterocycles. The second-order valence-electron chi connectivity index (χ2n) is 6.60. The fourth-order valence-corrected chi connectivity index (χ4v) is 4.59. The lowest BCUT2D eigenvalue weighted by molar-refractivity contribution is 0.101. The summed E-state index contributed by atoms with van der Waals surface area (Å²) in [5.41, 5.74) is 2.03. The fraction of sp³-hybridized carbons (Fsp3) is 0.389. The minimum atomic E-state index is -3.67. The quantitative estimate of drug-likeness (QED) is 0.727. The van der Waals surface area contributed by atoms with Gasteiger partial charge in [-0.25, -0.2) is 18.4 Å². The van der Waals surface area contributed by atoms with Gasteiger partial charge in [0.25, 0.3) is 0 Å². The molecule has 9 heteroatoms. The Hall–Kier alpha value is -2.36. The number of morpholine rings is 1. The van der Waals surface area contributed by atoms with Crippen molar-refractivity contribution in [1.29, 1.82) is 0 Å². The van der Waals surface area contributed by atoms with Crippen molar-refractivity contribution in [2.24, 2.45) is 0 Å². The lowest BCUT2D eigenvalue weighted by Crippen LogP contribution is -2.37. The minimum absolute atomic E-state index is 0.0987. The van der Waals surface area contributed by atoms with Crippen LogP contribution in [0, 0.1) is 0 Å². The molecule has 0 unspecified atom stereocenters. The molecule has 1 aromatic carbocycles. The van der Waals surface area contributed by atoms with Crippen LogP contribution in [0.2, 0.25) is 0 Å². The van der Waals surface area contributed by atoms with Gasteiger partial charge in [0.05, 0.1) is 30.3 Å². The predicted molar refractivity (Wildman–Crippen MR) is 97.9 cm³/mol. The smallest absolute Gasteiger partial charge is 0.243 e. The Morgan fingerprint density at radius 3 is 2.48 bits per heavy atom. The predicted octanol–water partition coefficient (Wildman–Crippen LogP) is 1.22. The first-order valence-corrected chi connectivity index (χ1v) is 10.2. The molecule has 0 bridgehead atoms. The first kappa shape index (κ1) is 18.0. The number of carbonyl (C=O) groups is 1. The average molecular weight is 388 g/mol. The van der Waals surface area contributed by atoms with Crippen LogP contribution < -0.4 is 4.90 Å². The number of ketones is 1. The van der Waals surface area contributed by atoms with Gasteiger partial charge in [0.1, 0.15) is 0 Å². The van der Waals surface area contributed by atoms with E-state index in [1.165, 1.54) is 35.5 Å². The summed E-state index contributed by atoms with van der Waals surface area (Å²) in [6.45, 7) is 4.63. The molecule has 0 atom stereocenters. The van der Waals surface area contributed by atoms with E-state index in [1.807, 2.05) is 4.90 Å². The van der Waals surface area contributed by atoms with Gasteiger partial charge < -0.3 is 9.64 Å². The highest BCUT2D eigenvalue weighted by atomic mass is 32.2. The van der Waals surface area contributed by atoms with Gasteiger partial charge in [-0.05, 0) is 19.1 Å². The summed E-state index contributed by atoms with van der Waals surface area (Å²) in [6, 6.07) is 6.02. The van der Waals surface area contributed by atoms with E-state index in [0.717, 1.165) is 24.3 Å². The van der Waals surface area contributed by atoms with Crippen molar-refractivity contribution in [2.45, 2.75) is 24.9 Å². The molecule has 0 N–H and O–H groups in total. The second-order valence-corrected chi connectivity index (χ2v) is 8.53. The van der Waals surface area contributed by atoms with Crippen LogP contribution in [0.15, 0.2) is 35.4 Å². The lowest BCUT2D eigenvalue weighted by Gasteiger charge is -2.26. The van der Waals surface area contributed by atoms with E-state index in [2.05, 4.69) is 9.97 Å². The molecule has 1 saturated heterocycles. The second kappa shape index (κ2) is 6.99. The van der Waals surface area contributed by atoms with E-state index in [4.69, 9.17) is 4.74 Å². The highest BCUT2D eigenvalue weighted by Crippen LogP contribution is 2.28. The summed E-state index contributed by atoms with van der Waals surface area (Å²) in [6.07, 6.45) is 1.71. The van der Waals surface area contributed by atoms with Gasteiger partial charge in [-0.2, -0.15) is 4.31 Å². The Bertz CT molecular complexity index is 969. The Kier molecular flexibility index (Phi) is 4.67. The molecular formula is C18H20N4O4S. The number of rotatable bonds is 4. The number of benzene rings is 1. The molecule has 0 spiro atoms. The Labute approximate surface area is 157 Å². The zero-order chi connectivity index (χ0) is 19.0. The van der Waals surface area contributed by atoms with Crippen molar-refractivity contribution >= 4 is 21.8 Å². The largest absolute Gasteiger partial charge is 0.378 e. The summed E-state index contributed by atoms with van der Waals surface area (Å²) >= 11 is 0. The van der Waals surface area contributed by atoms with Crippen molar-refractivity contribution in [3.05, 3.63) is 47.3 Å². The minimum Gasteiger partial charge on any atom is -0.378 e. The van der Waals surface area contributed by atoms with Crippen LogP contribution in [0.4, 0.5) is 5.95 Å². The number of fused-ring (bicyclic) bond motifs is 1. The first-order valence-electron chi connectivity index (χ1n) is 8.74. The van der Waals surface area contributed by atoms with E-state index >= 15 is 0 Å². The lowest BCUT2D eigenvalue weighted by atomic mass is 10.2. The van der Waals surface area contributed by atoms with Gasteiger partial charge in [-0.1, -0.05) is 12.1 Å². The summed E-state index contributed by atoms with van der Waals surface area (Å²) in [4.78, 5) is 22.6. The van der Waals surface area contributed by atoms with Crippen molar-refractivity contribution in [1.82, 2.24) is 14.3 Å². The van der Waals surface area contributed by atoms with Gasteiger partial charge in [-0.15, -0.1) is 0 Å². The SMILES string of the molecule is CC(=O)c1ccc(S(=O)(=O)N2Cc3cnc(N4CCOCC4)nc3C2)cc1. The van der Waals surface area contributed by atoms with Crippen LogP contribution in [0.5, 0.6) is 0 Å². The molecule has 2 aliphatic rings. The number of anilines is 1. The molecule has 0 saturated carbocycles. The summed E-state index contributed by atoms with van der Waals surface area (Å²) in [5.74, 6) is 0.514. The molecule has 3 heterocycles. The third-order valence-corrected chi connectivity index (χ3v) is 6.61. The molecule has 27 heavy (non-hydrogen) atoms. The number of Topliss-reactive ketones (excluding diaryl/α,β-unsaturated/α-hetero) is 1. The van der Waals surface area contributed by atoms with Crippen molar-refractivity contribution in [2.75, 3.05) is 31.2 Å². The van der Waals surface area contributed by atoms with Crippen LogP contribution in [-0.4, -0.2) is 54.8 Å². The van der Waals surface area contributed by atoms with Crippen LogP contribution in [0.1, 0.15) is 28.5 Å². The maximum atomic E-state index is 12.9. The topological polar surface area (TPSA) is 92.7 Å². The number of hydrogen-bond acceptors (Lipinski definition) is 7. The van der Waals surface area contributed by atoms with Gasteiger partial charge in [0.2, 0.25) is 16.0 Å². The number of nitrogens with zero attached hydrogens (tertiary/aromatic N) is 4. The van der Waals surface area contributed by atoms with Crippen molar-refractivity contribution in [3.8, 4) is 0 Å². The van der Waals surface area contributed by atoms with Crippen molar-refractivity contribution in [3.63, 3.8) is 0 Å². The molecule has 4 rings (SSSR count). The normalized spacial score (nSPS) is 17.7. The molecule has 0 amide bonds. The Morgan fingerprint density at radius 2 is 1.81 bits per heavy atom. The van der Waals surface area contributed by atoms with Crippen molar-refractivity contribution < 1.29 is 17.9 Å². The molecule has 0 aliphatic carbocycles. The highest BCUT2D eigenvalue weighted by Gasteiger charge is 2.32. The standard InChI is InChI=1S/C18H20N4O4S/c1-13(23)14-2-4-16(5-3-14)27(24,25)22-11-15-10-19-18(20-17(15)12-22)21-6-8-26-9-7-21/h2-5,10H,6-9,11-12H2,1H3. The molecule has 0 radical (unpaired) electrons. The zero-order valence-corrected chi connectivity index (χ0v) is 15.8. The molecular weight excluding hydrogens is 368 g/mol. The zero-order valence-electron chi connectivity index (χ0n) is 15.0. The van der Waals surface area contributed by atoms with E-state index in [1.54, 1.807) is 6.20 Å². The van der Waals surface area contributed by atoms with E-state index in [0.29, 0.717) is 24.7 Å². The molecule has 2 aliphatic heterocycles. The number of sulfonamides is 1. The molecule has 8 nitrogen and oxygen atoms in total. The summed E-state index contributed by atoms with van der Waals surface area (Å²) < 4.78 is 32.6. The third kappa shape index (κ3) is 3.45. The fourth-order valence-electron chi connectivity index (χ4n) is 3.21. The molecule has 1 fully saturated rings. The molecule has 142 valence electrons. The van der Waals surface area contributed by atoms with Gasteiger partial charge >= 0.3 is 0 Å². The number of hydrogen-bond donors (Lipinski definition) is 0. The number of aromatic nitrogens is 2. The van der Waals surface area contributed by atoms with Crippen LogP contribution in [0.3, 0.4) is 0 Å². The monoisotopic (exact) mass is 388 g/mol. The van der Waals surface area contributed by atoms with Crippen LogP contribution >= 0.6 is 0 Å². The first-order chi connectivity index (χ1) is 12.9. The van der Waals surface area contributed by atoms with E-state index < -0.39 is 10.0 Å².